The summed E-state index contributed by atoms with van der Waals surface area (Å²) in [6.07, 6.45) is 0.856. The molecule has 3 aromatic rings. The highest BCUT2D eigenvalue weighted by Gasteiger charge is 2.03. The number of nitrogens with one attached hydrogen (secondary N) is 2. The summed E-state index contributed by atoms with van der Waals surface area (Å²) in [4.78, 5) is 11.4. The van der Waals surface area contributed by atoms with E-state index in [1.807, 2.05) is 24.3 Å². The minimum Gasteiger partial charge on any atom is -0.339 e. The molecule has 20 heavy (non-hydrogen) atoms. The van der Waals surface area contributed by atoms with Gasteiger partial charge in [-0.3, -0.25) is 0 Å². The zero-order valence-corrected chi connectivity index (χ0v) is 10.7. The number of aromatic nitrogens is 4. The minimum atomic E-state index is -0.359. The van der Waals surface area contributed by atoms with E-state index in [1.165, 1.54) is 10.1 Å². The molecule has 0 unspecified atom stereocenters. The monoisotopic (exact) mass is 270 g/mol. The lowest BCUT2D eigenvalue weighted by Gasteiger charge is -2.06. The number of H-pyrrole nitrogens is 1. The van der Waals surface area contributed by atoms with Crippen LogP contribution in [0.3, 0.4) is 0 Å². The molecule has 2 heterocycles. The largest absolute Gasteiger partial charge is 0.364 e. The van der Waals surface area contributed by atoms with Crippen molar-refractivity contribution in [3.8, 4) is 0 Å². The molecule has 7 nitrogen and oxygen atoms in total. The molecule has 0 aliphatic carbocycles. The maximum absolute atomic E-state index is 11.4. The molecule has 0 atom stereocenters. The molecule has 0 bridgehead atoms. The van der Waals surface area contributed by atoms with E-state index in [0.717, 1.165) is 12.1 Å². The molecule has 2 aromatic heterocycles. The maximum Gasteiger partial charge on any atom is 0.364 e. The summed E-state index contributed by atoms with van der Waals surface area (Å²) in [5.41, 5.74) is 7.72. The number of nitrogens with zero attached hydrogens (tertiary/aromatic N) is 3. The molecule has 102 valence electrons. The average Bonchev–Trinajstić information content (AvgIpc) is 2.83. The number of hydrogen-bond donors (Lipinski definition) is 3. The first-order valence-electron chi connectivity index (χ1n) is 6.27. The first kappa shape index (κ1) is 12.4. The summed E-state index contributed by atoms with van der Waals surface area (Å²) < 4.78 is 1.21. The summed E-state index contributed by atoms with van der Waals surface area (Å²) in [5.74, 6) is 0.576. The normalized spacial score (nSPS) is 10.8. The molecule has 0 aliphatic rings. The van der Waals surface area contributed by atoms with E-state index < -0.39 is 0 Å². The third-order valence-electron chi connectivity index (χ3n) is 2.93. The number of rotatable bonds is 4. The Kier molecular flexibility index (Phi) is 3.18. The number of benzene rings is 1. The van der Waals surface area contributed by atoms with Gasteiger partial charge in [0.15, 0.2) is 11.5 Å². The van der Waals surface area contributed by atoms with Gasteiger partial charge in [0.25, 0.3) is 0 Å². The quantitative estimate of drug-likeness (QED) is 0.646. The van der Waals surface area contributed by atoms with Crippen LogP contribution in [0.25, 0.3) is 5.65 Å². The van der Waals surface area contributed by atoms with Crippen molar-refractivity contribution in [1.82, 2.24) is 19.8 Å². The van der Waals surface area contributed by atoms with Gasteiger partial charge in [0.05, 0.1) is 0 Å². The Hall–Kier alpha value is -2.67. The second kappa shape index (κ2) is 5.14. The van der Waals surface area contributed by atoms with E-state index in [4.69, 9.17) is 5.73 Å². The second-order valence-electron chi connectivity index (χ2n) is 4.38. The van der Waals surface area contributed by atoms with Crippen molar-refractivity contribution in [3.05, 3.63) is 52.4 Å². The van der Waals surface area contributed by atoms with Gasteiger partial charge in [0.1, 0.15) is 0 Å². The summed E-state index contributed by atoms with van der Waals surface area (Å²) in [7, 11) is 0. The summed E-state index contributed by atoms with van der Waals surface area (Å²) in [5, 5.41) is 13.5. The highest BCUT2D eigenvalue weighted by atomic mass is 16.2. The van der Waals surface area contributed by atoms with Crippen molar-refractivity contribution in [2.75, 3.05) is 11.9 Å². The Morgan fingerprint density at radius 1 is 1.20 bits per heavy atom. The molecular weight excluding hydrogens is 256 g/mol. The van der Waals surface area contributed by atoms with Gasteiger partial charge in [0.2, 0.25) is 0 Å². The molecule has 0 aliphatic heterocycles. The van der Waals surface area contributed by atoms with Crippen LogP contribution in [0.4, 0.5) is 11.5 Å². The lowest BCUT2D eigenvalue weighted by Crippen LogP contribution is -2.13. The number of fused-ring (bicyclic) bond motifs is 1. The van der Waals surface area contributed by atoms with Crippen LogP contribution >= 0.6 is 0 Å². The van der Waals surface area contributed by atoms with Crippen LogP contribution in [-0.2, 0) is 6.42 Å². The second-order valence-corrected chi connectivity index (χ2v) is 4.38. The van der Waals surface area contributed by atoms with Crippen molar-refractivity contribution in [2.24, 2.45) is 5.73 Å². The van der Waals surface area contributed by atoms with Crippen LogP contribution in [0.5, 0.6) is 0 Å². The first-order valence-corrected chi connectivity index (χ1v) is 6.27. The topological polar surface area (TPSA) is 101 Å². The molecule has 0 fully saturated rings. The van der Waals surface area contributed by atoms with E-state index in [2.05, 4.69) is 20.6 Å². The maximum atomic E-state index is 11.4. The van der Waals surface area contributed by atoms with Gasteiger partial charge >= 0.3 is 5.69 Å². The van der Waals surface area contributed by atoms with Gasteiger partial charge in [0, 0.05) is 5.69 Å². The van der Waals surface area contributed by atoms with Crippen LogP contribution in [0.2, 0.25) is 0 Å². The van der Waals surface area contributed by atoms with Crippen molar-refractivity contribution in [1.29, 1.82) is 0 Å². The highest BCUT2D eigenvalue weighted by molar-refractivity contribution is 5.57. The highest BCUT2D eigenvalue weighted by Crippen LogP contribution is 2.15. The van der Waals surface area contributed by atoms with Crippen molar-refractivity contribution >= 4 is 17.2 Å². The number of anilines is 2. The molecule has 0 radical (unpaired) electrons. The summed E-state index contributed by atoms with van der Waals surface area (Å²) in [6.45, 7) is 0.633. The zero-order valence-electron chi connectivity index (χ0n) is 10.7. The van der Waals surface area contributed by atoms with Gasteiger partial charge in [-0.1, -0.05) is 12.1 Å². The van der Waals surface area contributed by atoms with E-state index >= 15 is 0 Å². The Morgan fingerprint density at radius 3 is 2.75 bits per heavy atom. The van der Waals surface area contributed by atoms with Crippen LogP contribution in [0, 0.1) is 0 Å². The SMILES string of the molecule is NCCc1ccc(Nc2ccc3n[nH]c(=O)n3n2)cc1. The fourth-order valence-corrected chi connectivity index (χ4v) is 1.94. The lowest BCUT2D eigenvalue weighted by molar-refractivity contribution is 0.885. The standard InChI is InChI=1S/C13H14N6O/c14-8-7-9-1-3-10(4-2-9)15-11-5-6-12-16-17-13(20)19(12)18-11/h1-6H,7-8,14H2,(H,15,18)(H,17,20). The molecule has 0 saturated carbocycles. The van der Waals surface area contributed by atoms with E-state index in [0.29, 0.717) is 18.0 Å². The van der Waals surface area contributed by atoms with Crippen molar-refractivity contribution in [3.63, 3.8) is 0 Å². The van der Waals surface area contributed by atoms with Crippen LogP contribution < -0.4 is 16.7 Å². The number of hydrogen-bond acceptors (Lipinski definition) is 5. The minimum absolute atomic E-state index is 0.359. The Morgan fingerprint density at radius 2 is 2.00 bits per heavy atom. The first-order chi connectivity index (χ1) is 9.76. The molecule has 4 N–H and O–H groups in total. The predicted molar refractivity (Wildman–Crippen MR) is 76.1 cm³/mol. The molecular formula is C13H14N6O. The van der Waals surface area contributed by atoms with E-state index in [-0.39, 0.29) is 5.69 Å². The fourth-order valence-electron chi connectivity index (χ4n) is 1.94. The number of nitrogens with two attached hydrogens (primary N) is 1. The predicted octanol–water partition coefficient (Wildman–Crippen LogP) is 0.662. The van der Waals surface area contributed by atoms with Gasteiger partial charge < -0.3 is 11.1 Å². The lowest BCUT2D eigenvalue weighted by atomic mass is 10.1. The van der Waals surface area contributed by atoms with E-state index in [1.54, 1.807) is 12.1 Å². The average molecular weight is 270 g/mol. The molecule has 3 rings (SSSR count). The Bertz CT molecular complexity index is 773. The molecule has 7 heteroatoms. The Labute approximate surface area is 114 Å². The molecule has 0 spiro atoms. The molecule has 1 aromatic carbocycles. The van der Waals surface area contributed by atoms with E-state index in [9.17, 15) is 4.79 Å². The summed E-state index contributed by atoms with van der Waals surface area (Å²) >= 11 is 0. The van der Waals surface area contributed by atoms with Crippen LogP contribution in [0.15, 0.2) is 41.2 Å². The van der Waals surface area contributed by atoms with Crippen molar-refractivity contribution in [2.45, 2.75) is 6.42 Å². The third-order valence-corrected chi connectivity index (χ3v) is 2.93. The Balaban J connectivity index is 1.84. The fraction of sp³-hybridized carbons (Fsp3) is 0.154. The van der Waals surface area contributed by atoms with Crippen LogP contribution in [-0.4, -0.2) is 26.4 Å². The van der Waals surface area contributed by atoms with Crippen LogP contribution in [0.1, 0.15) is 5.56 Å². The van der Waals surface area contributed by atoms with Gasteiger partial charge in [-0.2, -0.15) is 9.61 Å². The van der Waals surface area contributed by atoms with Crippen molar-refractivity contribution < 1.29 is 0 Å². The smallest absolute Gasteiger partial charge is 0.339 e. The zero-order chi connectivity index (χ0) is 13.9. The molecule has 0 amide bonds. The molecule has 0 saturated heterocycles. The van der Waals surface area contributed by atoms with Gasteiger partial charge in [-0.15, -0.1) is 5.10 Å². The third kappa shape index (κ3) is 2.39. The van der Waals surface area contributed by atoms with Gasteiger partial charge in [-0.05, 0) is 42.8 Å². The number of aromatic amines is 1. The summed E-state index contributed by atoms with van der Waals surface area (Å²) in [6, 6.07) is 11.4. The van der Waals surface area contributed by atoms with Gasteiger partial charge in [-0.25, -0.2) is 9.89 Å².